The third-order valence-corrected chi connectivity index (χ3v) is 26.6. The number of cyclic esters (lactones) is 1. The van der Waals surface area contributed by atoms with Gasteiger partial charge in [-0.2, -0.15) is 10.1 Å². The molecule has 5 amide bonds. The molecule has 718 valence electrons. The number of Topliss-reactive ketones (excluding diaryl/α,β-unsaturated/α-hetero) is 2. The first-order chi connectivity index (χ1) is 63.4. The van der Waals surface area contributed by atoms with Crippen LogP contribution in [0.4, 0.5) is 22.6 Å². The normalized spacial score (nSPS) is 27.6. The highest BCUT2D eigenvalue weighted by Gasteiger charge is 2.53. The van der Waals surface area contributed by atoms with Crippen molar-refractivity contribution in [3.8, 4) is 11.3 Å². The molecular weight excluding hydrogens is 1700 g/mol. The fourth-order valence-corrected chi connectivity index (χ4v) is 18.9. The highest BCUT2D eigenvalue weighted by atomic mass is 16.6. The Labute approximate surface area is 771 Å². The summed E-state index contributed by atoms with van der Waals surface area (Å²) in [5.41, 5.74) is 20.6. The van der Waals surface area contributed by atoms with Gasteiger partial charge in [0.1, 0.15) is 53.8 Å². The molecule has 4 aromatic heterocycles. The third kappa shape index (κ3) is 26.1. The number of rotatable bonds is 27. The number of nitrogens with zero attached hydrogens (tertiary/aromatic N) is 12. The maximum atomic E-state index is 15.0. The van der Waals surface area contributed by atoms with Crippen LogP contribution in [-0.4, -0.2) is 293 Å². The summed E-state index contributed by atoms with van der Waals surface area (Å²) < 4.78 is 61.5. The molecule has 36 heteroatoms. The number of nitrogens with two attached hydrogens (primary N) is 2. The minimum Gasteiger partial charge on any atom is -0.460 e. The van der Waals surface area contributed by atoms with E-state index in [-0.39, 0.29) is 126 Å². The van der Waals surface area contributed by atoms with E-state index in [1.165, 1.54) is 23.9 Å². The second kappa shape index (κ2) is 47.4. The Balaban J connectivity index is 0.549. The average molecular weight is 1830 g/mol. The lowest BCUT2D eigenvalue weighted by molar-refractivity contribution is -0.265. The molecule has 6 aromatic rings. The molecule has 2 aromatic carbocycles. The van der Waals surface area contributed by atoms with Crippen molar-refractivity contribution >= 4 is 87.2 Å². The molecule has 1 saturated carbocycles. The molecule has 1 aliphatic carbocycles. The number of oxazole rings is 1. The number of anilines is 3. The second-order valence-corrected chi connectivity index (χ2v) is 36.4. The first-order valence-corrected chi connectivity index (χ1v) is 46.3. The number of hydrogen-bond acceptors (Lipinski definition) is 30. The summed E-state index contributed by atoms with van der Waals surface area (Å²) in [4.78, 5) is 142. The van der Waals surface area contributed by atoms with Crippen molar-refractivity contribution in [3.63, 3.8) is 0 Å². The van der Waals surface area contributed by atoms with Crippen LogP contribution < -0.4 is 27.0 Å². The number of piperidine rings is 1. The number of ketones is 2. The molecule has 8 N–H and O–H groups in total. The average Bonchev–Trinajstić information content (AvgIpc) is 1.51. The fourth-order valence-electron chi connectivity index (χ4n) is 18.9. The van der Waals surface area contributed by atoms with Gasteiger partial charge in [0.05, 0.1) is 82.3 Å². The Kier molecular flexibility index (Phi) is 36.1. The van der Waals surface area contributed by atoms with Gasteiger partial charge in [0.15, 0.2) is 17.0 Å². The van der Waals surface area contributed by atoms with Gasteiger partial charge in [0.25, 0.3) is 17.7 Å². The van der Waals surface area contributed by atoms with Gasteiger partial charge in [0.2, 0.25) is 29.5 Å². The molecule has 5 aliphatic heterocycles. The third-order valence-electron chi connectivity index (χ3n) is 26.6. The molecule has 2 bridgehead atoms. The van der Waals surface area contributed by atoms with E-state index in [2.05, 4.69) is 47.7 Å². The number of alkyl carbamates (subject to hydrolysis) is 1. The number of esters is 1. The highest BCUT2D eigenvalue weighted by Crippen LogP contribution is 2.40. The summed E-state index contributed by atoms with van der Waals surface area (Å²) >= 11 is 0. The number of benzene rings is 2. The molecular formula is C96H134N16O20. The van der Waals surface area contributed by atoms with Crippen LogP contribution >= 0.6 is 0 Å². The number of aliphatic hydroxyl groups excluding tert-OH is 1. The van der Waals surface area contributed by atoms with Gasteiger partial charge in [-0.25, -0.2) is 34.2 Å². The van der Waals surface area contributed by atoms with Crippen molar-refractivity contribution in [1.82, 2.24) is 64.9 Å². The molecule has 9 heterocycles. The number of ether oxygens (including phenoxy) is 9. The van der Waals surface area contributed by atoms with E-state index in [0.29, 0.717) is 167 Å². The van der Waals surface area contributed by atoms with Gasteiger partial charge >= 0.3 is 12.1 Å². The smallest absolute Gasteiger partial charge is 0.407 e. The van der Waals surface area contributed by atoms with Crippen LogP contribution in [0.25, 0.3) is 33.4 Å². The molecule has 36 nitrogen and oxygen atoms in total. The van der Waals surface area contributed by atoms with Gasteiger partial charge in [-0.05, 0) is 155 Å². The predicted octanol–water partition coefficient (Wildman–Crippen LogP) is 8.22. The van der Waals surface area contributed by atoms with Crippen LogP contribution in [-0.2, 0) is 102 Å². The number of nitrogen functional groups attached to an aromatic ring is 2. The standard InChI is InChI=1S/C96H134N16O20/c1-58-18-14-13-15-19-59(2)76(123-9)48-71-26-21-64(7)96(122,132-71)88(118)91(119)111-32-17-16-20-73(111)92(120)129-78(49-77(124-10)60(3)43-63(6)86(117)87(126-12)85(116)62(5)42-58)61(4)44-65-23-27-75(79(46-65)125-11)131-95(121)102-52-67-50-100-94(101-51-67)109-36-34-108(35-37-109)82(115)56-107(8)55-80(113)99-31-39-128-41-40-127-38-30-81(114)110-33-29-68-45-66(22-24-70(68)54-110)53-112-90-83(89(97)103-57-104-90)84(106-112)69-25-28-74-72(47-69)105-93(98)130-74/h13-15,18-19,22,24-25,28,43,45,47,50-51,57-58,60-62,64-65,71,73,75-79,86-87,117,122H,16-17,20-21,23,26-27,29-42,44,46,48-49,52-56H2,1-12H3,(H2,98,105)(H,99,113)(H,102,121)(H2,97,103,104)/b15-13+,18-14+,59-19+,63-43+/t58-,60?,61-,62-,64-,65+,71+,73+,75-,76+,77-,78?,79-,86-,87+,96-/m1/s1. The SMILES string of the molecule is CO[C@H]1C[C@@H]2CC[C@@H](C)[C@@](O)(O2)C(=O)C(=O)N2CCCC[C@H]2C(=O)OC([C@H](C)C[C@@H]2CC[C@@H](OC(=O)NCc3cnc(N4CCN(C(=O)CN(C)CC(=O)NCCOCCOCCC(=O)N5CCc6cc(Cn7nc(-c8ccc9oc(N)nc9c8)c8c(N)ncnc87)ccc6C5)CC4)nc3)[C@H](OC)C2)C[C@@H](OC)C(C)/C=C(\C)[C@@H](O)[C@@H](OC)C(=O)[C@H](C)C[C@H](C)/C=C/C=C/C=C/1C. The number of fused-ring (bicyclic) bond motifs is 6. The van der Waals surface area contributed by atoms with Crippen molar-refractivity contribution in [1.29, 1.82) is 0 Å². The number of likely N-dealkylation sites (N-methyl/N-ethyl adjacent to an activating group) is 1. The van der Waals surface area contributed by atoms with E-state index in [0.717, 1.165) is 22.3 Å². The summed E-state index contributed by atoms with van der Waals surface area (Å²) in [6.45, 7) is 17.9. The monoisotopic (exact) mass is 1830 g/mol. The first-order valence-electron chi connectivity index (χ1n) is 46.3. The lowest BCUT2D eigenvalue weighted by Gasteiger charge is -2.43. The van der Waals surface area contributed by atoms with Crippen LogP contribution in [0.2, 0.25) is 0 Å². The summed E-state index contributed by atoms with van der Waals surface area (Å²) in [5, 5.41) is 35.3. The van der Waals surface area contributed by atoms with Gasteiger partial charge < -0.3 is 99.0 Å². The number of amides is 5. The van der Waals surface area contributed by atoms with Crippen LogP contribution in [0, 0.1) is 35.5 Å². The summed E-state index contributed by atoms with van der Waals surface area (Å²) in [6.07, 6.45) is 15.7. The van der Waals surface area contributed by atoms with Gasteiger partial charge in [0, 0.05) is 141 Å². The molecule has 4 fully saturated rings. The van der Waals surface area contributed by atoms with Gasteiger partial charge in [-0.15, -0.1) is 0 Å². The van der Waals surface area contributed by atoms with E-state index in [4.69, 9.17) is 63.6 Å². The number of aromatic nitrogens is 7. The maximum absolute atomic E-state index is 15.0. The molecule has 12 rings (SSSR count). The van der Waals surface area contributed by atoms with E-state index in [9.17, 15) is 48.6 Å². The predicted molar refractivity (Wildman–Crippen MR) is 491 cm³/mol. The van der Waals surface area contributed by atoms with E-state index < -0.39 is 102 Å². The minimum atomic E-state index is -2.47. The number of aliphatic hydroxyl groups is 2. The second-order valence-electron chi connectivity index (χ2n) is 36.4. The van der Waals surface area contributed by atoms with Crippen LogP contribution in [0.5, 0.6) is 0 Å². The quantitative estimate of drug-likeness (QED) is 0.0122. The lowest BCUT2D eigenvalue weighted by atomic mass is 9.78. The topological polar surface area (TPSA) is 448 Å². The molecule has 2 unspecified atom stereocenters. The number of carbonyl (C=O) groups excluding carboxylic acids is 8. The molecule has 0 radical (unpaired) electrons. The van der Waals surface area contributed by atoms with E-state index in [1.807, 2.05) is 104 Å². The molecule has 3 saturated heterocycles. The number of methoxy groups -OCH3 is 4. The molecule has 6 aliphatic rings. The largest absolute Gasteiger partial charge is 0.460 e. The zero-order valence-corrected chi connectivity index (χ0v) is 78.3. The zero-order valence-electron chi connectivity index (χ0n) is 78.3. The van der Waals surface area contributed by atoms with Crippen molar-refractivity contribution < 1.29 is 95.6 Å². The number of nitrogens with one attached hydrogen (secondary N) is 2. The molecule has 132 heavy (non-hydrogen) atoms. The number of piperazine rings is 1. The van der Waals surface area contributed by atoms with Crippen LogP contribution in [0.15, 0.2) is 107 Å². The summed E-state index contributed by atoms with van der Waals surface area (Å²) in [5.74, 6) is -7.09. The highest BCUT2D eigenvalue weighted by molar-refractivity contribution is 6.39. The van der Waals surface area contributed by atoms with Gasteiger partial charge in [-0.3, -0.25) is 33.7 Å². The molecule has 16 atom stereocenters. The Bertz CT molecular complexity index is 5070. The fraction of sp³-hybridized carbons (Fsp3) is 0.604. The van der Waals surface area contributed by atoms with E-state index >= 15 is 0 Å². The summed E-state index contributed by atoms with van der Waals surface area (Å²) in [6, 6.07) is 10.7. The number of hydrogen-bond donors (Lipinski definition) is 6. The zero-order chi connectivity index (χ0) is 94.5. The van der Waals surface area contributed by atoms with Crippen LogP contribution in [0.3, 0.4) is 0 Å². The Morgan fingerprint density at radius 1 is 0.735 bits per heavy atom. The molecule has 0 spiro atoms. The Morgan fingerprint density at radius 2 is 1.50 bits per heavy atom. The van der Waals surface area contributed by atoms with E-state index in [1.54, 1.807) is 70.5 Å². The Hall–Kier alpha value is -10.5. The first kappa shape index (κ1) is 100. The minimum absolute atomic E-state index is 0.00106. The summed E-state index contributed by atoms with van der Waals surface area (Å²) in [7, 11) is 7.84. The Morgan fingerprint density at radius 3 is 2.25 bits per heavy atom. The van der Waals surface area contributed by atoms with Crippen molar-refractivity contribution in [3.05, 3.63) is 125 Å². The maximum Gasteiger partial charge on any atom is 0.407 e. The number of allylic oxidation sites excluding steroid dienone is 5. The van der Waals surface area contributed by atoms with Crippen molar-refractivity contribution in [2.75, 3.05) is 137 Å². The van der Waals surface area contributed by atoms with Crippen LogP contribution in [0.1, 0.15) is 154 Å². The van der Waals surface area contributed by atoms with Crippen molar-refractivity contribution in [2.45, 2.75) is 219 Å². The van der Waals surface area contributed by atoms with Gasteiger partial charge in [-0.1, -0.05) is 89.3 Å². The number of carbonyl (C=O) groups is 8. The lowest BCUT2D eigenvalue weighted by Crippen LogP contribution is -2.61. The van der Waals surface area contributed by atoms with Crippen molar-refractivity contribution in [2.24, 2.45) is 35.5 Å².